The van der Waals surface area contributed by atoms with Crippen LogP contribution in [0, 0.1) is 0 Å². The topological polar surface area (TPSA) is 77.5 Å². The fourth-order valence-corrected chi connectivity index (χ4v) is 4.45. The highest BCUT2D eigenvalue weighted by Crippen LogP contribution is 2.33. The molecular weight excluding hydrogens is 495 g/mol. The molecule has 1 aromatic heterocycles. The fraction of sp³-hybridized carbons (Fsp3) is 0.360. The summed E-state index contributed by atoms with van der Waals surface area (Å²) in [4.78, 5) is 19.8. The molecule has 2 heterocycles. The third-order valence-corrected chi connectivity index (χ3v) is 6.30. The predicted octanol–water partition coefficient (Wildman–Crippen LogP) is 5.02. The normalized spacial score (nSPS) is 16.0. The van der Waals surface area contributed by atoms with Crippen molar-refractivity contribution in [3.05, 3.63) is 65.2 Å². The van der Waals surface area contributed by atoms with E-state index in [2.05, 4.69) is 15.5 Å². The largest absolute Gasteiger partial charge is 0.395 e. The number of aromatic nitrogens is 1. The molecule has 3 N–H and O–H groups in total. The maximum Gasteiger partial charge on any atom is 0.225 e. The fourth-order valence-electron chi connectivity index (χ4n) is 4.24. The molecule has 9 heteroatoms. The molecule has 0 aliphatic carbocycles. The van der Waals surface area contributed by atoms with Crippen molar-refractivity contribution in [3.8, 4) is 0 Å². The van der Waals surface area contributed by atoms with Crippen molar-refractivity contribution in [1.29, 1.82) is 0 Å². The van der Waals surface area contributed by atoms with Crippen molar-refractivity contribution in [1.82, 2.24) is 10.3 Å². The third kappa shape index (κ3) is 6.74. The lowest BCUT2D eigenvalue weighted by molar-refractivity contribution is -0.116. The van der Waals surface area contributed by atoms with Gasteiger partial charge in [0.2, 0.25) is 5.91 Å². The maximum atomic E-state index is 12.8. The Hall–Kier alpha value is -2.09. The van der Waals surface area contributed by atoms with E-state index in [-0.39, 0.29) is 43.2 Å². The number of carbonyl (C=O) groups excluding carboxylic acids is 1. The molecule has 1 aliphatic heterocycles. The summed E-state index contributed by atoms with van der Waals surface area (Å²) in [6.07, 6.45) is 1.39. The zero-order valence-corrected chi connectivity index (χ0v) is 21.4. The van der Waals surface area contributed by atoms with Crippen molar-refractivity contribution in [2.24, 2.45) is 0 Å². The average Bonchev–Trinajstić information content (AvgIpc) is 3.29. The van der Waals surface area contributed by atoms with Gasteiger partial charge in [-0.1, -0.05) is 48.9 Å². The highest BCUT2D eigenvalue weighted by molar-refractivity contribution is 6.35. The van der Waals surface area contributed by atoms with E-state index < -0.39 is 0 Å². The van der Waals surface area contributed by atoms with Crippen molar-refractivity contribution in [2.75, 3.05) is 36.5 Å². The number of hydrogen-bond donors (Lipinski definition) is 3. The number of halogens is 3. The van der Waals surface area contributed by atoms with Gasteiger partial charge in [-0.25, -0.2) is 4.98 Å². The molecule has 6 nitrogen and oxygen atoms in total. The Labute approximate surface area is 217 Å². The Kier molecular flexibility index (Phi) is 10.9. The molecular formula is C25H31Cl3N4O2. The van der Waals surface area contributed by atoms with Crippen molar-refractivity contribution in [3.63, 3.8) is 0 Å². The van der Waals surface area contributed by atoms with E-state index in [1.165, 1.54) is 0 Å². The zero-order valence-electron chi connectivity index (χ0n) is 19.0. The minimum atomic E-state index is -0.0721. The number of fused-ring (bicyclic) bond motifs is 1. The number of hydrogen-bond acceptors (Lipinski definition) is 5. The van der Waals surface area contributed by atoms with Crippen LogP contribution in [0.2, 0.25) is 5.02 Å². The van der Waals surface area contributed by atoms with Gasteiger partial charge in [-0.05, 0) is 42.2 Å². The van der Waals surface area contributed by atoms with Crippen LogP contribution in [0.4, 0.5) is 11.5 Å². The van der Waals surface area contributed by atoms with Crippen LogP contribution in [-0.2, 0) is 4.79 Å². The van der Waals surface area contributed by atoms with Gasteiger partial charge in [0.1, 0.15) is 5.82 Å². The van der Waals surface area contributed by atoms with Gasteiger partial charge in [-0.3, -0.25) is 4.79 Å². The first-order chi connectivity index (χ1) is 15.5. The molecule has 1 amide bonds. The van der Waals surface area contributed by atoms with E-state index in [9.17, 15) is 4.79 Å². The lowest BCUT2D eigenvalue weighted by Crippen LogP contribution is -2.34. The van der Waals surface area contributed by atoms with E-state index in [0.29, 0.717) is 29.7 Å². The van der Waals surface area contributed by atoms with Crippen molar-refractivity contribution in [2.45, 2.75) is 31.7 Å². The summed E-state index contributed by atoms with van der Waals surface area (Å²) in [5.41, 5.74) is 2.54. The van der Waals surface area contributed by atoms with E-state index in [1.54, 1.807) is 6.07 Å². The van der Waals surface area contributed by atoms with E-state index in [4.69, 9.17) is 21.7 Å². The third-order valence-electron chi connectivity index (χ3n) is 5.99. The molecule has 0 unspecified atom stereocenters. The molecule has 0 saturated carbocycles. The van der Waals surface area contributed by atoms with Crippen LogP contribution < -0.4 is 15.5 Å². The highest BCUT2D eigenvalue weighted by Gasteiger charge is 2.23. The number of amides is 1. The summed E-state index contributed by atoms with van der Waals surface area (Å²) in [7, 11) is 0. The van der Waals surface area contributed by atoms with Gasteiger partial charge in [0.25, 0.3) is 0 Å². The Bertz CT molecular complexity index is 1080. The number of aliphatic hydroxyl groups is 1. The minimum absolute atomic E-state index is 0. The summed E-state index contributed by atoms with van der Waals surface area (Å²) in [5, 5.41) is 16.7. The Balaban J connectivity index is 0.00000204. The van der Waals surface area contributed by atoms with Gasteiger partial charge < -0.3 is 20.6 Å². The average molecular weight is 526 g/mol. The first kappa shape index (κ1) is 28.1. The Morgan fingerprint density at radius 3 is 2.68 bits per heavy atom. The number of nitrogens with zero attached hydrogens (tertiary/aromatic N) is 2. The van der Waals surface area contributed by atoms with Gasteiger partial charge in [0.05, 0.1) is 22.8 Å². The maximum absolute atomic E-state index is 12.8. The summed E-state index contributed by atoms with van der Waals surface area (Å²) in [5.74, 6) is 0.942. The molecule has 1 aliphatic rings. The lowest BCUT2D eigenvalue weighted by Gasteiger charge is -2.19. The molecule has 0 spiro atoms. The summed E-state index contributed by atoms with van der Waals surface area (Å²) in [6, 6.07) is 18.0. The van der Waals surface area contributed by atoms with Crippen molar-refractivity contribution < 1.29 is 9.90 Å². The number of pyridine rings is 1. The van der Waals surface area contributed by atoms with Gasteiger partial charge in [0, 0.05) is 37.5 Å². The number of rotatable bonds is 8. The van der Waals surface area contributed by atoms with E-state index in [0.717, 1.165) is 41.8 Å². The molecule has 2 atom stereocenters. The van der Waals surface area contributed by atoms with Crippen LogP contribution in [0.3, 0.4) is 0 Å². The molecule has 1 saturated heterocycles. The zero-order chi connectivity index (χ0) is 22.5. The summed E-state index contributed by atoms with van der Waals surface area (Å²) < 4.78 is 0. The smallest absolute Gasteiger partial charge is 0.225 e. The van der Waals surface area contributed by atoms with Crippen LogP contribution in [0.15, 0.2) is 54.6 Å². The van der Waals surface area contributed by atoms with Crippen LogP contribution in [0.5, 0.6) is 0 Å². The number of anilines is 2. The molecule has 4 rings (SSSR count). The van der Waals surface area contributed by atoms with E-state index >= 15 is 0 Å². The lowest BCUT2D eigenvalue weighted by atomic mass is 9.97. The van der Waals surface area contributed by atoms with E-state index in [1.807, 2.05) is 55.5 Å². The minimum Gasteiger partial charge on any atom is -0.395 e. The number of aliphatic hydroxyl groups excluding tert-OH is 1. The molecule has 0 bridgehead atoms. The summed E-state index contributed by atoms with van der Waals surface area (Å²) >= 11 is 6.45. The summed E-state index contributed by atoms with van der Waals surface area (Å²) in [6.45, 7) is 4.56. The Morgan fingerprint density at radius 2 is 1.94 bits per heavy atom. The van der Waals surface area contributed by atoms with Crippen LogP contribution in [0.25, 0.3) is 10.9 Å². The number of carbonyl (C=O) groups is 1. The molecule has 3 aromatic rings. The SMILES string of the molecule is C[C@H](CC(=O)Nc1c(Cl)ccc2nc(N3CC[C@H](NCCO)C3)ccc12)c1ccccc1.Cl.Cl. The number of benzene rings is 2. The predicted molar refractivity (Wildman–Crippen MR) is 145 cm³/mol. The molecule has 34 heavy (non-hydrogen) atoms. The van der Waals surface area contributed by atoms with Gasteiger partial charge in [-0.15, -0.1) is 24.8 Å². The second kappa shape index (κ2) is 13.1. The van der Waals surface area contributed by atoms with Gasteiger partial charge >= 0.3 is 0 Å². The molecule has 0 radical (unpaired) electrons. The Morgan fingerprint density at radius 1 is 1.18 bits per heavy atom. The number of nitrogens with one attached hydrogen (secondary N) is 2. The van der Waals surface area contributed by atoms with Crippen LogP contribution in [-0.4, -0.2) is 48.3 Å². The van der Waals surface area contributed by atoms with Crippen LogP contribution in [0.1, 0.15) is 31.2 Å². The van der Waals surface area contributed by atoms with Crippen molar-refractivity contribution >= 4 is 64.7 Å². The first-order valence-corrected chi connectivity index (χ1v) is 11.5. The molecule has 184 valence electrons. The monoisotopic (exact) mass is 524 g/mol. The second-order valence-electron chi connectivity index (χ2n) is 8.33. The molecule has 2 aromatic carbocycles. The van der Waals surface area contributed by atoms with Gasteiger partial charge in [-0.2, -0.15) is 0 Å². The highest BCUT2D eigenvalue weighted by atomic mass is 35.5. The van der Waals surface area contributed by atoms with Gasteiger partial charge in [0.15, 0.2) is 0 Å². The standard InChI is InChI=1S/C25H29ClN4O2.2ClH/c1-17(18-5-3-2-4-6-18)15-24(32)29-25-20-7-10-23(28-22(20)9-8-21(25)26)30-13-11-19(16-30)27-12-14-31;;/h2-10,17,19,27,31H,11-16H2,1H3,(H,29,32);2*1H/t17-,19+;;/m1../s1. The first-order valence-electron chi connectivity index (χ1n) is 11.1. The second-order valence-corrected chi connectivity index (χ2v) is 8.74. The quantitative estimate of drug-likeness (QED) is 0.385. The molecule has 1 fully saturated rings. The van der Waals surface area contributed by atoms with Crippen LogP contribution >= 0.6 is 36.4 Å².